The van der Waals surface area contributed by atoms with E-state index >= 15 is 0 Å². The molecule has 0 saturated carbocycles. The molecule has 116 valence electrons. The predicted molar refractivity (Wildman–Crippen MR) is 91.2 cm³/mol. The van der Waals surface area contributed by atoms with Crippen LogP contribution in [0.2, 0.25) is 0 Å². The molecule has 2 aromatic carbocycles. The van der Waals surface area contributed by atoms with Crippen LogP contribution in [0.25, 0.3) is 0 Å². The van der Waals surface area contributed by atoms with E-state index in [9.17, 15) is 15.0 Å². The van der Waals surface area contributed by atoms with Crippen LogP contribution in [0, 0.1) is 0 Å². The first-order valence-corrected chi connectivity index (χ1v) is 7.77. The van der Waals surface area contributed by atoms with Crippen molar-refractivity contribution >= 4 is 34.7 Å². The van der Waals surface area contributed by atoms with E-state index in [0.29, 0.717) is 16.4 Å². The molecule has 0 bridgehead atoms. The summed E-state index contributed by atoms with van der Waals surface area (Å²) in [7, 11) is 0. The highest BCUT2D eigenvalue weighted by molar-refractivity contribution is 8.15. The molecule has 2 aromatic rings. The van der Waals surface area contributed by atoms with Crippen LogP contribution in [0.5, 0.6) is 11.5 Å². The Kier molecular flexibility index (Phi) is 4.29. The minimum atomic E-state index is -0.0998. The molecule has 3 rings (SSSR count). The number of amides is 1. The molecule has 1 fully saturated rings. The molecule has 1 aliphatic heterocycles. The monoisotopic (exact) mass is 327 g/mol. The zero-order valence-electron chi connectivity index (χ0n) is 12.0. The van der Waals surface area contributed by atoms with Gasteiger partial charge in [0.15, 0.2) is 5.17 Å². The molecule has 1 amide bonds. The Labute approximate surface area is 136 Å². The summed E-state index contributed by atoms with van der Waals surface area (Å²) in [4.78, 5) is 13.5. The number of rotatable bonds is 3. The normalized spacial score (nSPS) is 16.6. The fraction of sp³-hybridized carbons (Fsp3) is 0.0625. The number of para-hydroxylation sites is 1. The second-order valence-electron chi connectivity index (χ2n) is 4.72. The summed E-state index contributed by atoms with van der Waals surface area (Å²) < 4.78 is 0. The lowest BCUT2D eigenvalue weighted by Gasteiger charge is -2.14. The Morgan fingerprint density at radius 3 is 2.57 bits per heavy atom. The Hall–Kier alpha value is -2.80. The number of benzene rings is 2. The maximum absolute atomic E-state index is 12.0. The van der Waals surface area contributed by atoms with E-state index in [1.54, 1.807) is 36.4 Å². The van der Waals surface area contributed by atoms with Crippen LogP contribution in [0.3, 0.4) is 0 Å². The first-order valence-electron chi connectivity index (χ1n) is 6.79. The van der Waals surface area contributed by atoms with Gasteiger partial charge < -0.3 is 10.2 Å². The minimum absolute atomic E-state index is 0.0998. The summed E-state index contributed by atoms with van der Waals surface area (Å²) in [5.74, 6) is 0.425. The van der Waals surface area contributed by atoms with Crippen LogP contribution in [0.15, 0.2) is 58.7 Å². The van der Waals surface area contributed by atoms with Gasteiger partial charge in [0.25, 0.3) is 0 Å². The lowest BCUT2D eigenvalue weighted by atomic mass is 10.2. The molecule has 0 aliphatic carbocycles. The minimum Gasteiger partial charge on any atom is -0.508 e. The van der Waals surface area contributed by atoms with E-state index in [1.807, 2.05) is 0 Å². The van der Waals surface area contributed by atoms with Gasteiger partial charge in [-0.15, -0.1) is 5.10 Å². The third-order valence-electron chi connectivity index (χ3n) is 3.15. The van der Waals surface area contributed by atoms with E-state index in [1.165, 1.54) is 35.0 Å². The van der Waals surface area contributed by atoms with Crippen LogP contribution < -0.4 is 4.90 Å². The van der Waals surface area contributed by atoms with Gasteiger partial charge in [-0.3, -0.25) is 9.69 Å². The predicted octanol–water partition coefficient (Wildman–Crippen LogP) is 2.57. The molecular formula is C16H13N3O3S. The van der Waals surface area contributed by atoms with Crippen LogP contribution in [-0.2, 0) is 4.79 Å². The van der Waals surface area contributed by atoms with Gasteiger partial charge in [-0.2, -0.15) is 5.10 Å². The van der Waals surface area contributed by atoms with Crippen LogP contribution in [0.4, 0.5) is 5.69 Å². The number of aromatic hydroxyl groups is 2. The van der Waals surface area contributed by atoms with E-state index in [2.05, 4.69) is 10.2 Å². The van der Waals surface area contributed by atoms with Crippen LogP contribution in [0.1, 0.15) is 5.56 Å². The lowest BCUT2D eigenvalue weighted by molar-refractivity contribution is -0.115. The number of phenols is 2. The smallest absolute Gasteiger partial charge is 0.243 e. The molecule has 1 aliphatic rings. The Morgan fingerprint density at radius 2 is 1.83 bits per heavy atom. The second-order valence-corrected chi connectivity index (χ2v) is 5.66. The van der Waals surface area contributed by atoms with Crippen molar-refractivity contribution in [3.63, 3.8) is 0 Å². The largest absolute Gasteiger partial charge is 0.508 e. The van der Waals surface area contributed by atoms with E-state index in [0.717, 1.165) is 0 Å². The van der Waals surface area contributed by atoms with Gasteiger partial charge >= 0.3 is 0 Å². The first kappa shape index (κ1) is 15.1. The quantitative estimate of drug-likeness (QED) is 0.670. The van der Waals surface area contributed by atoms with E-state index < -0.39 is 0 Å². The summed E-state index contributed by atoms with van der Waals surface area (Å²) in [5.41, 5.74) is 1.16. The Morgan fingerprint density at radius 1 is 1.09 bits per heavy atom. The van der Waals surface area contributed by atoms with Crippen molar-refractivity contribution in [2.24, 2.45) is 10.2 Å². The molecule has 0 spiro atoms. The molecule has 1 saturated heterocycles. The number of thioether (sulfide) groups is 1. The Bertz CT molecular complexity index is 787. The van der Waals surface area contributed by atoms with Gasteiger partial charge in [0, 0.05) is 5.56 Å². The van der Waals surface area contributed by atoms with Crippen molar-refractivity contribution in [3.8, 4) is 11.5 Å². The standard InChI is InChI=1S/C16H13N3O3S/c20-13-7-5-12(6-8-13)19-15(22)10-23-16(19)18-17-9-11-3-1-2-4-14(11)21/h1-9,20-21H,10H2. The summed E-state index contributed by atoms with van der Waals surface area (Å²) in [6, 6.07) is 13.1. The molecular weight excluding hydrogens is 314 g/mol. The maximum Gasteiger partial charge on any atom is 0.243 e. The van der Waals surface area contributed by atoms with Gasteiger partial charge in [-0.05, 0) is 36.4 Å². The average molecular weight is 327 g/mol. The number of hydrogen-bond donors (Lipinski definition) is 2. The highest BCUT2D eigenvalue weighted by Gasteiger charge is 2.29. The van der Waals surface area contributed by atoms with Gasteiger partial charge in [0.2, 0.25) is 5.91 Å². The number of anilines is 1. The zero-order chi connectivity index (χ0) is 16.2. The first-order chi connectivity index (χ1) is 11.1. The average Bonchev–Trinajstić information content (AvgIpc) is 2.91. The fourth-order valence-corrected chi connectivity index (χ4v) is 2.85. The SMILES string of the molecule is O=C1CSC(=NN=Cc2ccccc2O)N1c1ccc(O)cc1. The van der Waals surface area contributed by atoms with Crippen LogP contribution in [-0.4, -0.2) is 33.3 Å². The van der Waals surface area contributed by atoms with Crippen molar-refractivity contribution in [2.75, 3.05) is 10.7 Å². The number of amidine groups is 1. The highest BCUT2D eigenvalue weighted by Crippen LogP contribution is 2.28. The van der Waals surface area contributed by atoms with E-state index in [-0.39, 0.29) is 23.2 Å². The van der Waals surface area contributed by atoms with Crippen molar-refractivity contribution in [3.05, 3.63) is 54.1 Å². The molecule has 7 heteroatoms. The Balaban J connectivity index is 1.84. The summed E-state index contributed by atoms with van der Waals surface area (Å²) in [5, 5.41) is 27.5. The summed E-state index contributed by atoms with van der Waals surface area (Å²) in [6.45, 7) is 0. The van der Waals surface area contributed by atoms with Gasteiger partial charge in [-0.25, -0.2) is 0 Å². The number of carbonyl (C=O) groups excluding carboxylic acids is 1. The number of carbonyl (C=O) groups is 1. The van der Waals surface area contributed by atoms with Crippen molar-refractivity contribution < 1.29 is 15.0 Å². The molecule has 23 heavy (non-hydrogen) atoms. The fourth-order valence-electron chi connectivity index (χ4n) is 2.03. The maximum atomic E-state index is 12.0. The molecule has 6 nitrogen and oxygen atoms in total. The number of hydrogen-bond acceptors (Lipinski definition) is 6. The molecule has 0 unspecified atom stereocenters. The molecule has 0 atom stereocenters. The molecule has 0 radical (unpaired) electrons. The molecule has 0 aromatic heterocycles. The number of phenolic OH excluding ortho intramolecular Hbond substituents is 2. The van der Waals surface area contributed by atoms with Crippen molar-refractivity contribution in [1.29, 1.82) is 0 Å². The third kappa shape index (κ3) is 3.35. The number of nitrogens with zero attached hydrogens (tertiary/aromatic N) is 3. The van der Waals surface area contributed by atoms with Crippen molar-refractivity contribution in [2.45, 2.75) is 0 Å². The lowest BCUT2D eigenvalue weighted by Crippen LogP contribution is -2.28. The van der Waals surface area contributed by atoms with Gasteiger partial charge in [0.1, 0.15) is 11.5 Å². The summed E-state index contributed by atoms with van der Waals surface area (Å²) in [6.07, 6.45) is 1.43. The van der Waals surface area contributed by atoms with E-state index in [4.69, 9.17) is 0 Å². The highest BCUT2D eigenvalue weighted by atomic mass is 32.2. The summed E-state index contributed by atoms with van der Waals surface area (Å²) >= 11 is 1.28. The van der Waals surface area contributed by atoms with Gasteiger partial charge in [-0.1, -0.05) is 23.9 Å². The van der Waals surface area contributed by atoms with Crippen molar-refractivity contribution in [1.82, 2.24) is 0 Å². The zero-order valence-corrected chi connectivity index (χ0v) is 12.8. The van der Waals surface area contributed by atoms with Crippen LogP contribution >= 0.6 is 11.8 Å². The van der Waals surface area contributed by atoms with Gasteiger partial charge in [0.05, 0.1) is 17.7 Å². The molecule has 2 N–H and O–H groups in total. The topological polar surface area (TPSA) is 85.5 Å². The third-order valence-corrected chi connectivity index (χ3v) is 4.06. The second kappa shape index (κ2) is 6.53. The molecule has 1 heterocycles.